The van der Waals surface area contributed by atoms with Crippen LogP contribution in [0.5, 0.6) is 0 Å². The van der Waals surface area contributed by atoms with Gasteiger partial charge in [-0.2, -0.15) is 0 Å². The van der Waals surface area contributed by atoms with E-state index in [1.54, 1.807) is 0 Å². The summed E-state index contributed by atoms with van der Waals surface area (Å²) in [6, 6.07) is 4.18. The highest BCUT2D eigenvalue weighted by Crippen LogP contribution is 2.24. The summed E-state index contributed by atoms with van der Waals surface area (Å²) < 4.78 is 1.01. The predicted octanol–water partition coefficient (Wildman–Crippen LogP) is 2.33. The number of halogens is 1. The highest BCUT2D eigenvalue weighted by atomic mass is 79.9. The minimum Gasteiger partial charge on any atom is -0.334 e. The second-order valence-corrected chi connectivity index (χ2v) is 6.30. The van der Waals surface area contributed by atoms with E-state index in [9.17, 15) is 4.79 Å². The Morgan fingerprint density at radius 3 is 3.00 bits per heavy atom. The Hall–Kier alpha value is -0.390. The average molecular weight is 303 g/mol. The summed E-state index contributed by atoms with van der Waals surface area (Å²) >= 11 is 4.89. The molecule has 5 heteroatoms. The van der Waals surface area contributed by atoms with Gasteiger partial charge in [0.15, 0.2) is 0 Å². The minimum absolute atomic E-state index is 0.159. The van der Waals surface area contributed by atoms with Crippen molar-refractivity contribution in [3.63, 3.8) is 0 Å². The van der Waals surface area contributed by atoms with Crippen molar-refractivity contribution >= 4 is 33.2 Å². The van der Waals surface area contributed by atoms with Crippen LogP contribution in [0.15, 0.2) is 15.9 Å². The van der Waals surface area contributed by atoms with Gasteiger partial charge in [0, 0.05) is 19.1 Å². The molecule has 0 aromatic carbocycles. The number of carbonyl (C=O) groups excluding carboxylic acids is 1. The highest BCUT2D eigenvalue weighted by molar-refractivity contribution is 9.11. The summed E-state index contributed by atoms with van der Waals surface area (Å²) in [5.74, 6) is 0.159. The van der Waals surface area contributed by atoms with Crippen LogP contribution in [0.3, 0.4) is 0 Å². The molecular weight excluding hydrogens is 288 g/mol. The molecule has 1 aliphatic heterocycles. The predicted molar refractivity (Wildman–Crippen MR) is 70.0 cm³/mol. The fraction of sp³-hybridized carbons (Fsp3) is 0.545. The first kappa shape index (κ1) is 12.1. The van der Waals surface area contributed by atoms with E-state index in [0.29, 0.717) is 6.04 Å². The Labute approximate surface area is 108 Å². The maximum Gasteiger partial charge on any atom is 0.264 e. The molecule has 1 saturated heterocycles. The maximum absolute atomic E-state index is 12.3. The normalized spacial score (nSPS) is 20.0. The number of carbonyl (C=O) groups is 1. The Balaban J connectivity index is 2.11. The number of likely N-dealkylation sites (N-methyl/N-ethyl adjacent to an activating group) is 1. The summed E-state index contributed by atoms with van der Waals surface area (Å²) in [7, 11) is 0. The van der Waals surface area contributed by atoms with E-state index in [1.807, 2.05) is 24.0 Å². The molecule has 1 atom stereocenters. The molecule has 0 aliphatic carbocycles. The van der Waals surface area contributed by atoms with E-state index < -0.39 is 0 Å². The quantitative estimate of drug-likeness (QED) is 0.929. The first-order valence-electron chi connectivity index (χ1n) is 5.49. The zero-order valence-corrected chi connectivity index (χ0v) is 11.6. The molecule has 1 N–H and O–H groups in total. The lowest BCUT2D eigenvalue weighted by Crippen LogP contribution is -2.41. The van der Waals surface area contributed by atoms with E-state index in [-0.39, 0.29) is 5.91 Å². The number of nitrogens with zero attached hydrogens (tertiary/aromatic N) is 1. The van der Waals surface area contributed by atoms with E-state index >= 15 is 0 Å². The zero-order valence-electron chi connectivity index (χ0n) is 9.20. The Morgan fingerprint density at radius 2 is 2.50 bits per heavy atom. The lowest BCUT2D eigenvalue weighted by molar-refractivity contribution is 0.0709. The number of hydrogen-bond donors (Lipinski definition) is 1. The highest BCUT2D eigenvalue weighted by Gasteiger charge is 2.26. The molecule has 0 saturated carbocycles. The molecular formula is C11H15BrN2OS. The number of nitrogens with one attached hydrogen (secondary N) is 1. The second kappa shape index (κ2) is 5.29. The van der Waals surface area contributed by atoms with Crippen molar-refractivity contribution in [3.8, 4) is 0 Å². The van der Waals surface area contributed by atoms with Crippen molar-refractivity contribution in [2.75, 3.05) is 19.6 Å². The average Bonchev–Trinajstić information content (AvgIpc) is 2.90. The molecule has 2 rings (SSSR count). The SMILES string of the molecule is CCN(C(=O)c1ccc(Br)s1)C1CCNC1. The molecule has 1 amide bonds. The van der Waals surface area contributed by atoms with Crippen molar-refractivity contribution in [2.24, 2.45) is 0 Å². The van der Waals surface area contributed by atoms with Crippen LogP contribution in [0.25, 0.3) is 0 Å². The summed E-state index contributed by atoms with van der Waals surface area (Å²) in [4.78, 5) is 15.1. The summed E-state index contributed by atoms with van der Waals surface area (Å²) in [5.41, 5.74) is 0. The number of rotatable bonds is 3. The van der Waals surface area contributed by atoms with Crippen LogP contribution in [-0.2, 0) is 0 Å². The first-order chi connectivity index (χ1) is 7.72. The van der Waals surface area contributed by atoms with Gasteiger partial charge in [0.1, 0.15) is 0 Å². The van der Waals surface area contributed by atoms with Crippen LogP contribution in [0, 0.1) is 0 Å². The largest absolute Gasteiger partial charge is 0.334 e. The third-order valence-corrected chi connectivity index (χ3v) is 4.47. The summed E-state index contributed by atoms with van der Waals surface area (Å²) in [6.45, 7) is 4.76. The van der Waals surface area contributed by atoms with Crippen LogP contribution < -0.4 is 5.32 Å². The van der Waals surface area contributed by atoms with Gasteiger partial charge in [-0.25, -0.2) is 0 Å². The summed E-state index contributed by atoms with van der Waals surface area (Å²) in [6.07, 6.45) is 1.06. The third-order valence-electron chi connectivity index (χ3n) is 2.86. The van der Waals surface area contributed by atoms with Crippen molar-refractivity contribution in [1.82, 2.24) is 10.2 Å². The van der Waals surface area contributed by atoms with Gasteiger partial charge in [0.2, 0.25) is 0 Å². The van der Waals surface area contributed by atoms with E-state index in [0.717, 1.165) is 34.7 Å². The van der Waals surface area contributed by atoms with Crippen LogP contribution in [0.1, 0.15) is 23.0 Å². The van der Waals surface area contributed by atoms with Gasteiger partial charge in [0.05, 0.1) is 8.66 Å². The van der Waals surface area contributed by atoms with Gasteiger partial charge >= 0.3 is 0 Å². The molecule has 2 heterocycles. The number of hydrogen-bond acceptors (Lipinski definition) is 3. The molecule has 0 bridgehead atoms. The first-order valence-corrected chi connectivity index (χ1v) is 7.10. The summed E-state index contributed by atoms with van der Waals surface area (Å²) in [5, 5.41) is 3.30. The topological polar surface area (TPSA) is 32.3 Å². The Morgan fingerprint density at radius 1 is 1.69 bits per heavy atom. The van der Waals surface area contributed by atoms with E-state index in [1.165, 1.54) is 11.3 Å². The van der Waals surface area contributed by atoms with Crippen molar-refractivity contribution in [1.29, 1.82) is 0 Å². The third kappa shape index (κ3) is 2.47. The molecule has 0 spiro atoms. The zero-order chi connectivity index (χ0) is 11.5. The molecule has 1 fully saturated rings. The second-order valence-electron chi connectivity index (χ2n) is 3.84. The van der Waals surface area contributed by atoms with Gasteiger partial charge < -0.3 is 10.2 Å². The minimum atomic E-state index is 0.159. The van der Waals surface area contributed by atoms with Gasteiger partial charge in [-0.15, -0.1) is 11.3 Å². The van der Waals surface area contributed by atoms with Crippen molar-refractivity contribution < 1.29 is 4.79 Å². The Bertz CT molecular complexity index is 374. The van der Waals surface area contributed by atoms with Crippen molar-refractivity contribution in [3.05, 3.63) is 20.8 Å². The maximum atomic E-state index is 12.3. The molecule has 1 unspecified atom stereocenters. The van der Waals surface area contributed by atoms with Gasteiger partial charge in [-0.05, 0) is 48.0 Å². The molecule has 1 aromatic rings. The standard InChI is InChI=1S/C11H15BrN2OS/c1-2-14(8-5-6-13-7-8)11(15)9-3-4-10(12)16-9/h3-4,8,13H,2,5-7H2,1H3. The fourth-order valence-electron chi connectivity index (χ4n) is 2.04. The lowest BCUT2D eigenvalue weighted by atomic mass is 10.2. The van der Waals surface area contributed by atoms with Gasteiger partial charge in [-0.1, -0.05) is 0 Å². The molecule has 0 radical (unpaired) electrons. The van der Waals surface area contributed by atoms with Gasteiger partial charge in [0.25, 0.3) is 5.91 Å². The van der Waals surface area contributed by atoms with Gasteiger partial charge in [-0.3, -0.25) is 4.79 Å². The number of thiophene rings is 1. The number of amides is 1. The van der Waals surface area contributed by atoms with E-state index in [4.69, 9.17) is 0 Å². The molecule has 1 aromatic heterocycles. The van der Waals surface area contributed by atoms with Crippen molar-refractivity contribution in [2.45, 2.75) is 19.4 Å². The van der Waals surface area contributed by atoms with Crippen LogP contribution in [0.4, 0.5) is 0 Å². The lowest BCUT2D eigenvalue weighted by Gasteiger charge is -2.26. The smallest absolute Gasteiger partial charge is 0.264 e. The molecule has 3 nitrogen and oxygen atoms in total. The van der Waals surface area contributed by atoms with E-state index in [2.05, 4.69) is 21.2 Å². The molecule has 88 valence electrons. The Kier molecular flexibility index (Phi) is 4.00. The fourth-order valence-corrected chi connectivity index (χ4v) is 3.39. The molecule has 16 heavy (non-hydrogen) atoms. The van der Waals surface area contributed by atoms with Crippen LogP contribution in [-0.4, -0.2) is 36.5 Å². The van der Waals surface area contributed by atoms with Crippen LogP contribution in [0.2, 0.25) is 0 Å². The molecule has 1 aliphatic rings. The monoisotopic (exact) mass is 302 g/mol. The van der Waals surface area contributed by atoms with Crippen LogP contribution >= 0.6 is 27.3 Å².